The molecule has 0 aliphatic carbocycles. The Hall–Kier alpha value is -1.05. The van der Waals surface area contributed by atoms with Crippen molar-refractivity contribution in [2.45, 2.75) is 12.8 Å². The summed E-state index contributed by atoms with van der Waals surface area (Å²) in [5, 5.41) is 8.85. The van der Waals surface area contributed by atoms with E-state index in [1.165, 1.54) is 6.20 Å². The second-order valence-electron chi connectivity index (χ2n) is 2.11. The molecule has 0 aromatic carbocycles. The fourth-order valence-corrected chi connectivity index (χ4v) is 0.746. The minimum Gasteiger partial charge on any atom is -0.506 e. The number of aromatic hydroxyl groups is 1. The first-order valence-electron chi connectivity index (χ1n) is 3.26. The molecule has 1 aromatic rings. The van der Waals surface area contributed by atoms with Gasteiger partial charge in [-0.1, -0.05) is 6.92 Å². The van der Waals surface area contributed by atoms with Crippen molar-refractivity contribution in [1.82, 2.24) is 4.98 Å². The molecule has 0 saturated carbocycles. The maximum Gasteiger partial charge on any atom is 0.133 e. The summed E-state index contributed by atoms with van der Waals surface area (Å²) in [6.45, 7) is 3.70. The van der Waals surface area contributed by atoms with Crippen LogP contribution in [-0.2, 0) is 6.42 Å². The van der Waals surface area contributed by atoms with Crippen LogP contribution in [-0.4, -0.2) is 10.1 Å². The van der Waals surface area contributed by atoms with E-state index >= 15 is 0 Å². The molecular weight excluding hydrogens is 126 g/mol. The molecule has 0 spiro atoms. The standard InChI is InChI=1S/C8H10NO/c1-2-3-7-4-5-8(10)6-9-7/h4-6,10H,1-3H2. The average molecular weight is 136 g/mol. The maximum absolute atomic E-state index is 8.85. The monoisotopic (exact) mass is 136 g/mol. The Kier molecular flexibility index (Phi) is 2.26. The second-order valence-corrected chi connectivity index (χ2v) is 2.11. The lowest BCUT2D eigenvalue weighted by Gasteiger charge is -1.95. The number of pyridine rings is 1. The Bertz CT molecular complexity index is 193. The van der Waals surface area contributed by atoms with Gasteiger partial charge in [0.05, 0.1) is 6.20 Å². The van der Waals surface area contributed by atoms with Crippen LogP contribution in [0, 0.1) is 6.92 Å². The van der Waals surface area contributed by atoms with Crippen molar-refractivity contribution >= 4 is 0 Å². The van der Waals surface area contributed by atoms with Gasteiger partial charge in [0.25, 0.3) is 0 Å². The topological polar surface area (TPSA) is 33.1 Å². The minimum absolute atomic E-state index is 0.216. The van der Waals surface area contributed by atoms with Gasteiger partial charge in [0, 0.05) is 5.69 Å². The highest BCUT2D eigenvalue weighted by atomic mass is 16.3. The van der Waals surface area contributed by atoms with Gasteiger partial charge in [0.1, 0.15) is 5.75 Å². The number of rotatable bonds is 2. The van der Waals surface area contributed by atoms with Gasteiger partial charge in [-0.3, -0.25) is 4.98 Å². The van der Waals surface area contributed by atoms with E-state index in [0.29, 0.717) is 0 Å². The molecule has 0 bridgehead atoms. The normalized spacial score (nSPS) is 9.70. The highest BCUT2D eigenvalue weighted by Gasteiger charge is 1.91. The first kappa shape index (κ1) is 7.06. The summed E-state index contributed by atoms with van der Waals surface area (Å²) >= 11 is 0. The van der Waals surface area contributed by atoms with Crippen LogP contribution in [0.25, 0.3) is 0 Å². The van der Waals surface area contributed by atoms with E-state index in [0.717, 1.165) is 18.5 Å². The van der Waals surface area contributed by atoms with E-state index in [9.17, 15) is 0 Å². The van der Waals surface area contributed by atoms with E-state index in [4.69, 9.17) is 5.11 Å². The molecule has 0 unspecified atom stereocenters. The van der Waals surface area contributed by atoms with Crippen molar-refractivity contribution in [1.29, 1.82) is 0 Å². The van der Waals surface area contributed by atoms with Crippen molar-refractivity contribution in [2.24, 2.45) is 0 Å². The summed E-state index contributed by atoms with van der Waals surface area (Å²) in [6, 6.07) is 3.44. The number of hydrogen-bond donors (Lipinski definition) is 1. The van der Waals surface area contributed by atoms with Crippen molar-refractivity contribution in [3.63, 3.8) is 0 Å². The first-order valence-corrected chi connectivity index (χ1v) is 3.26. The summed E-state index contributed by atoms with van der Waals surface area (Å²) in [5.41, 5.74) is 0.979. The van der Waals surface area contributed by atoms with Gasteiger partial charge in [-0.05, 0) is 25.0 Å². The van der Waals surface area contributed by atoms with Crippen molar-refractivity contribution < 1.29 is 5.11 Å². The molecule has 2 nitrogen and oxygen atoms in total. The smallest absolute Gasteiger partial charge is 0.133 e. The molecule has 10 heavy (non-hydrogen) atoms. The van der Waals surface area contributed by atoms with Gasteiger partial charge in [-0.15, -0.1) is 0 Å². The lowest BCUT2D eigenvalue weighted by Crippen LogP contribution is -1.86. The van der Waals surface area contributed by atoms with Crippen LogP contribution in [0.4, 0.5) is 0 Å². The summed E-state index contributed by atoms with van der Waals surface area (Å²) in [7, 11) is 0. The third-order valence-electron chi connectivity index (χ3n) is 1.24. The van der Waals surface area contributed by atoms with Crippen molar-refractivity contribution in [3.05, 3.63) is 30.9 Å². The van der Waals surface area contributed by atoms with Crippen LogP contribution in [0.3, 0.4) is 0 Å². The Labute approximate surface area is 60.5 Å². The Morgan fingerprint density at radius 3 is 2.80 bits per heavy atom. The van der Waals surface area contributed by atoms with E-state index in [1.54, 1.807) is 12.1 Å². The number of nitrogens with zero attached hydrogens (tertiary/aromatic N) is 1. The molecule has 0 aliphatic heterocycles. The van der Waals surface area contributed by atoms with Gasteiger partial charge in [-0.25, -0.2) is 0 Å². The third-order valence-corrected chi connectivity index (χ3v) is 1.24. The Morgan fingerprint density at radius 2 is 2.30 bits per heavy atom. The quantitative estimate of drug-likeness (QED) is 0.669. The minimum atomic E-state index is 0.216. The summed E-state index contributed by atoms with van der Waals surface area (Å²) in [6.07, 6.45) is 3.17. The highest BCUT2D eigenvalue weighted by molar-refractivity contribution is 5.17. The number of hydrogen-bond acceptors (Lipinski definition) is 2. The van der Waals surface area contributed by atoms with Crippen LogP contribution < -0.4 is 0 Å². The molecule has 1 aromatic heterocycles. The SMILES string of the molecule is [CH2]CCc1ccc(O)cn1. The van der Waals surface area contributed by atoms with Gasteiger partial charge in [0.2, 0.25) is 0 Å². The number of aryl methyl sites for hydroxylation is 1. The molecule has 2 heteroatoms. The van der Waals surface area contributed by atoms with Crippen LogP contribution in [0.2, 0.25) is 0 Å². The lowest BCUT2D eigenvalue weighted by molar-refractivity contribution is 0.472. The largest absolute Gasteiger partial charge is 0.506 e. The molecule has 0 aliphatic rings. The Morgan fingerprint density at radius 1 is 1.50 bits per heavy atom. The first-order chi connectivity index (χ1) is 4.83. The van der Waals surface area contributed by atoms with Crippen molar-refractivity contribution in [3.8, 4) is 5.75 Å². The average Bonchev–Trinajstić information content (AvgIpc) is 1.95. The summed E-state index contributed by atoms with van der Waals surface area (Å²) < 4.78 is 0. The van der Waals surface area contributed by atoms with Crippen LogP contribution in [0.15, 0.2) is 18.3 Å². The van der Waals surface area contributed by atoms with Gasteiger partial charge >= 0.3 is 0 Å². The molecule has 1 rings (SSSR count). The lowest BCUT2D eigenvalue weighted by atomic mass is 10.2. The van der Waals surface area contributed by atoms with Crippen molar-refractivity contribution in [2.75, 3.05) is 0 Å². The van der Waals surface area contributed by atoms with E-state index in [2.05, 4.69) is 11.9 Å². The van der Waals surface area contributed by atoms with Gasteiger partial charge in [-0.2, -0.15) is 0 Å². The molecular formula is C8H10NO. The van der Waals surface area contributed by atoms with Crippen LogP contribution in [0.1, 0.15) is 12.1 Å². The number of aromatic nitrogens is 1. The van der Waals surface area contributed by atoms with E-state index in [-0.39, 0.29) is 5.75 Å². The predicted molar refractivity (Wildman–Crippen MR) is 39.6 cm³/mol. The highest BCUT2D eigenvalue weighted by Crippen LogP contribution is 2.06. The fourth-order valence-electron chi connectivity index (χ4n) is 0.746. The molecule has 0 saturated heterocycles. The zero-order chi connectivity index (χ0) is 7.40. The molecule has 0 atom stereocenters. The third kappa shape index (κ3) is 1.72. The molecule has 1 N–H and O–H groups in total. The fraction of sp³-hybridized carbons (Fsp3) is 0.250. The van der Waals surface area contributed by atoms with Crippen LogP contribution in [0.5, 0.6) is 5.75 Å². The second kappa shape index (κ2) is 3.20. The molecule has 53 valence electrons. The Balaban J connectivity index is 2.69. The molecule has 0 amide bonds. The molecule has 1 radical (unpaired) electrons. The van der Waals surface area contributed by atoms with Gasteiger partial charge in [0.15, 0.2) is 0 Å². The summed E-state index contributed by atoms with van der Waals surface area (Å²) in [5.74, 6) is 0.216. The molecule has 0 fully saturated rings. The zero-order valence-electron chi connectivity index (χ0n) is 5.75. The predicted octanol–water partition coefficient (Wildman–Crippen LogP) is 1.55. The van der Waals surface area contributed by atoms with E-state index < -0.39 is 0 Å². The maximum atomic E-state index is 8.85. The van der Waals surface area contributed by atoms with Crippen LogP contribution >= 0.6 is 0 Å². The summed E-state index contributed by atoms with van der Waals surface area (Å²) in [4.78, 5) is 3.98. The molecule has 1 heterocycles. The van der Waals surface area contributed by atoms with Gasteiger partial charge < -0.3 is 5.11 Å². The van der Waals surface area contributed by atoms with E-state index in [1.807, 2.05) is 0 Å². The zero-order valence-corrected chi connectivity index (χ0v) is 5.75.